The zero-order valence-electron chi connectivity index (χ0n) is 11.8. The van der Waals surface area contributed by atoms with E-state index >= 15 is 0 Å². The van der Waals surface area contributed by atoms with Crippen molar-refractivity contribution in [3.05, 3.63) is 0 Å². The van der Waals surface area contributed by atoms with Gasteiger partial charge in [-0.1, -0.05) is 0 Å². The fourth-order valence-electron chi connectivity index (χ4n) is 5.03. The number of carboxylic acids is 1. The number of amides is 1. The Balaban J connectivity index is 1.55. The maximum absolute atomic E-state index is 12.1. The number of hydrogen-bond donors (Lipinski definition) is 3. The molecule has 0 radical (unpaired) electrons. The Morgan fingerprint density at radius 1 is 1.15 bits per heavy atom. The van der Waals surface area contributed by atoms with E-state index in [1.807, 2.05) is 0 Å². The van der Waals surface area contributed by atoms with Crippen LogP contribution in [0.4, 0.5) is 0 Å². The highest BCUT2D eigenvalue weighted by molar-refractivity contribution is 5.79. The first-order chi connectivity index (χ1) is 9.46. The molecule has 5 heteroatoms. The molecule has 4 N–H and O–H groups in total. The van der Waals surface area contributed by atoms with Crippen molar-refractivity contribution in [1.29, 1.82) is 0 Å². The lowest BCUT2D eigenvalue weighted by atomic mass is 9.53. The second kappa shape index (κ2) is 5.02. The second-order valence-corrected chi connectivity index (χ2v) is 7.23. The predicted octanol–water partition coefficient (Wildman–Crippen LogP) is 1.26. The molecule has 0 aromatic carbocycles. The van der Waals surface area contributed by atoms with E-state index in [0.717, 1.165) is 37.0 Å². The maximum Gasteiger partial charge on any atom is 0.320 e. The van der Waals surface area contributed by atoms with Crippen LogP contribution in [-0.2, 0) is 9.59 Å². The van der Waals surface area contributed by atoms with Gasteiger partial charge in [-0.3, -0.25) is 9.59 Å². The Labute approximate surface area is 119 Å². The van der Waals surface area contributed by atoms with Crippen LogP contribution in [0.2, 0.25) is 0 Å². The lowest BCUT2D eigenvalue weighted by Crippen LogP contribution is -2.59. The minimum Gasteiger partial charge on any atom is -0.480 e. The summed E-state index contributed by atoms with van der Waals surface area (Å²) in [6, 6.07) is -0.933. The Kier molecular flexibility index (Phi) is 3.48. The Bertz CT molecular complexity index is 386. The molecule has 112 valence electrons. The summed E-state index contributed by atoms with van der Waals surface area (Å²) in [5.41, 5.74) is 5.46. The van der Waals surface area contributed by atoms with E-state index in [2.05, 4.69) is 5.32 Å². The van der Waals surface area contributed by atoms with Crippen LogP contribution in [-0.4, -0.2) is 28.6 Å². The van der Waals surface area contributed by atoms with Gasteiger partial charge < -0.3 is 16.2 Å². The fraction of sp³-hybridized carbons (Fsp3) is 0.867. The van der Waals surface area contributed by atoms with Gasteiger partial charge in [0.2, 0.25) is 5.91 Å². The fourth-order valence-corrected chi connectivity index (χ4v) is 5.03. The number of hydrogen-bond acceptors (Lipinski definition) is 3. The molecule has 0 spiro atoms. The summed E-state index contributed by atoms with van der Waals surface area (Å²) in [5.74, 6) is 1.32. The van der Waals surface area contributed by atoms with Gasteiger partial charge in [-0.05, 0) is 62.7 Å². The van der Waals surface area contributed by atoms with Gasteiger partial charge in [-0.2, -0.15) is 0 Å². The highest BCUT2D eigenvalue weighted by atomic mass is 16.4. The molecule has 4 aliphatic carbocycles. The van der Waals surface area contributed by atoms with Crippen LogP contribution in [0.3, 0.4) is 0 Å². The Morgan fingerprint density at radius 2 is 1.65 bits per heavy atom. The first-order valence-corrected chi connectivity index (χ1v) is 7.75. The average Bonchev–Trinajstić information content (AvgIpc) is 2.33. The summed E-state index contributed by atoms with van der Waals surface area (Å²) < 4.78 is 0. The van der Waals surface area contributed by atoms with Gasteiger partial charge in [-0.15, -0.1) is 0 Å². The van der Waals surface area contributed by atoms with Crippen LogP contribution in [0.25, 0.3) is 0 Å². The lowest BCUT2D eigenvalue weighted by molar-refractivity contribution is -0.138. The van der Waals surface area contributed by atoms with Crippen molar-refractivity contribution in [3.8, 4) is 0 Å². The molecule has 0 saturated heterocycles. The Hall–Kier alpha value is -1.10. The number of carbonyl (C=O) groups is 2. The minimum atomic E-state index is -1.03. The van der Waals surface area contributed by atoms with Crippen molar-refractivity contribution in [3.63, 3.8) is 0 Å². The molecule has 4 fully saturated rings. The quantitative estimate of drug-likeness (QED) is 0.707. The third-order valence-corrected chi connectivity index (χ3v) is 5.44. The largest absolute Gasteiger partial charge is 0.480 e. The highest BCUT2D eigenvalue weighted by Crippen LogP contribution is 2.55. The summed E-state index contributed by atoms with van der Waals surface area (Å²) >= 11 is 0. The maximum atomic E-state index is 12.1. The van der Waals surface area contributed by atoms with Crippen LogP contribution in [0.5, 0.6) is 0 Å². The molecule has 0 aliphatic heterocycles. The molecular formula is C15H24N2O3. The molecule has 1 atom stereocenters. The zero-order chi connectivity index (χ0) is 14.3. The molecular weight excluding hydrogens is 256 g/mol. The standard InChI is InChI=1S/C15H24N2O3/c16-12(14(19)20)1-2-13(18)17-15-6-9-3-10(7-15)5-11(4-9)8-15/h9-12H,1-8,16H2,(H,17,18)(H,19,20). The topological polar surface area (TPSA) is 92.4 Å². The molecule has 0 aromatic heterocycles. The molecule has 1 unspecified atom stereocenters. The SMILES string of the molecule is NC(CCC(=O)NC12CC3CC(CC(C3)C1)C2)C(=O)O. The zero-order valence-corrected chi connectivity index (χ0v) is 11.8. The first kappa shape index (κ1) is 13.9. The van der Waals surface area contributed by atoms with E-state index in [9.17, 15) is 9.59 Å². The van der Waals surface area contributed by atoms with Crippen LogP contribution in [0, 0.1) is 17.8 Å². The van der Waals surface area contributed by atoms with Crippen LogP contribution in [0.1, 0.15) is 51.4 Å². The number of carboxylic acid groups (broad SMARTS) is 1. The highest BCUT2D eigenvalue weighted by Gasteiger charge is 2.51. The monoisotopic (exact) mass is 280 g/mol. The molecule has 4 rings (SSSR count). The van der Waals surface area contributed by atoms with Gasteiger partial charge in [0, 0.05) is 12.0 Å². The van der Waals surface area contributed by atoms with Crippen LogP contribution in [0.15, 0.2) is 0 Å². The first-order valence-electron chi connectivity index (χ1n) is 7.75. The summed E-state index contributed by atoms with van der Waals surface area (Å²) in [7, 11) is 0. The normalized spacial score (nSPS) is 39.5. The summed E-state index contributed by atoms with van der Waals surface area (Å²) in [4.78, 5) is 22.8. The van der Waals surface area contributed by atoms with Gasteiger partial charge in [0.1, 0.15) is 6.04 Å². The third-order valence-electron chi connectivity index (χ3n) is 5.44. The minimum absolute atomic E-state index is 0.0130. The van der Waals surface area contributed by atoms with Gasteiger partial charge in [0.05, 0.1) is 0 Å². The molecule has 1 amide bonds. The summed E-state index contributed by atoms with van der Waals surface area (Å²) in [6.07, 6.45) is 7.83. The molecule has 0 heterocycles. The van der Waals surface area contributed by atoms with Crippen molar-refractivity contribution >= 4 is 11.9 Å². The number of nitrogens with one attached hydrogen (secondary N) is 1. The summed E-state index contributed by atoms with van der Waals surface area (Å²) in [5, 5.41) is 12.0. The van der Waals surface area contributed by atoms with E-state index in [1.165, 1.54) is 19.3 Å². The van der Waals surface area contributed by atoms with Gasteiger partial charge in [0.15, 0.2) is 0 Å². The van der Waals surface area contributed by atoms with Crippen molar-refractivity contribution in [2.75, 3.05) is 0 Å². The summed E-state index contributed by atoms with van der Waals surface area (Å²) in [6.45, 7) is 0. The smallest absolute Gasteiger partial charge is 0.320 e. The molecule has 4 aliphatic rings. The predicted molar refractivity (Wildman–Crippen MR) is 73.9 cm³/mol. The molecule has 0 aromatic rings. The van der Waals surface area contributed by atoms with E-state index in [1.54, 1.807) is 0 Å². The van der Waals surface area contributed by atoms with Crippen molar-refractivity contribution in [1.82, 2.24) is 5.32 Å². The number of carbonyl (C=O) groups excluding carboxylic acids is 1. The number of rotatable bonds is 5. The lowest BCUT2D eigenvalue weighted by Gasteiger charge is -2.57. The second-order valence-electron chi connectivity index (χ2n) is 7.23. The van der Waals surface area contributed by atoms with Crippen molar-refractivity contribution in [2.24, 2.45) is 23.5 Å². The molecule has 5 nitrogen and oxygen atoms in total. The van der Waals surface area contributed by atoms with Crippen LogP contribution < -0.4 is 11.1 Å². The van der Waals surface area contributed by atoms with E-state index in [-0.39, 0.29) is 24.3 Å². The number of aliphatic carboxylic acids is 1. The Morgan fingerprint density at radius 3 is 2.10 bits per heavy atom. The third kappa shape index (κ3) is 2.68. The average molecular weight is 280 g/mol. The van der Waals surface area contributed by atoms with E-state index in [0.29, 0.717) is 0 Å². The van der Waals surface area contributed by atoms with E-state index in [4.69, 9.17) is 10.8 Å². The van der Waals surface area contributed by atoms with Crippen molar-refractivity contribution < 1.29 is 14.7 Å². The van der Waals surface area contributed by atoms with Gasteiger partial charge in [0.25, 0.3) is 0 Å². The number of nitrogens with two attached hydrogens (primary N) is 1. The van der Waals surface area contributed by atoms with Crippen molar-refractivity contribution in [2.45, 2.75) is 62.9 Å². The molecule has 4 bridgehead atoms. The molecule has 4 saturated carbocycles. The van der Waals surface area contributed by atoms with Crippen LogP contribution >= 0.6 is 0 Å². The molecule has 20 heavy (non-hydrogen) atoms. The van der Waals surface area contributed by atoms with Gasteiger partial charge in [-0.25, -0.2) is 0 Å². The van der Waals surface area contributed by atoms with Gasteiger partial charge >= 0.3 is 5.97 Å². The van der Waals surface area contributed by atoms with E-state index < -0.39 is 12.0 Å².